The van der Waals surface area contributed by atoms with Crippen LogP contribution in [0.1, 0.15) is 23.6 Å². The molecule has 0 aliphatic heterocycles. The monoisotopic (exact) mass is 330 g/mol. The minimum Gasteiger partial charge on any atom is -0.229 e. The lowest BCUT2D eigenvalue weighted by atomic mass is 10.1. The zero-order valence-corrected chi connectivity index (χ0v) is 12.6. The molecule has 0 radical (unpaired) electrons. The molecule has 15 heavy (non-hydrogen) atoms. The quantitative estimate of drug-likeness (QED) is 0.792. The molecule has 1 rings (SSSR count). The number of hydrogen-bond donors (Lipinski definition) is 0. The van der Waals surface area contributed by atoms with E-state index in [-0.39, 0.29) is 4.83 Å². The Kier molecular flexibility index (Phi) is 3.92. The summed E-state index contributed by atoms with van der Waals surface area (Å²) >= 11 is 10.6. The van der Waals surface area contributed by atoms with Gasteiger partial charge in [0.25, 0.3) is 0 Å². The normalized spacial score (nSPS) is 15.3. The van der Waals surface area contributed by atoms with Gasteiger partial charge in [0, 0.05) is 11.1 Å². The van der Waals surface area contributed by atoms with Crippen LogP contribution in [0.25, 0.3) is 0 Å². The molecule has 0 bridgehead atoms. The molecule has 0 saturated carbocycles. The highest BCUT2D eigenvalue weighted by molar-refractivity contribution is 9.09. The predicted molar refractivity (Wildman–Crippen MR) is 69.9 cm³/mol. The minimum atomic E-state index is -3.12. The topological polar surface area (TPSA) is 34.1 Å². The van der Waals surface area contributed by atoms with Gasteiger partial charge in [-0.3, -0.25) is 0 Å². The van der Waals surface area contributed by atoms with Crippen LogP contribution in [0.4, 0.5) is 0 Å². The Morgan fingerprint density at radius 1 is 1.47 bits per heavy atom. The summed E-state index contributed by atoms with van der Waals surface area (Å²) in [5.41, 5.74) is 0. The molecule has 2 nitrogen and oxygen atoms in total. The van der Waals surface area contributed by atoms with Crippen molar-refractivity contribution in [2.75, 3.05) is 6.26 Å². The van der Waals surface area contributed by atoms with E-state index in [1.807, 2.05) is 6.07 Å². The predicted octanol–water partition coefficient (Wildman–Crippen LogP) is 3.66. The van der Waals surface area contributed by atoms with Crippen LogP contribution in [0.2, 0.25) is 4.34 Å². The van der Waals surface area contributed by atoms with Crippen molar-refractivity contribution in [3.8, 4) is 0 Å². The second-order valence-corrected chi connectivity index (χ2v) is 9.14. The Bertz CT molecular complexity index is 450. The molecule has 1 aromatic rings. The fraction of sp³-hybridized carbons (Fsp3) is 0.556. The van der Waals surface area contributed by atoms with Crippen molar-refractivity contribution < 1.29 is 8.42 Å². The van der Waals surface area contributed by atoms with Crippen molar-refractivity contribution in [2.24, 2.45) is 0 Å². The molecular formula is C9H12BrClO2S2. The Labute approximate surface area is 108 Å². The molecule has 0 saturated heterocycles. The van der Waals surface area contributed by atoms with Gasteiger partial charge in [-0.05, 0) is 26.0 Å². The first-order valence-electron chi connectivity index (χ1n) is 4.25. The van der Waals surface area contributed by atoms with Gasteiger partial charge in [-0.25, -0.2) is 8.42 Å². The van der Waals surface area contributed by atoms with Crippen molar-refractivity contribution in [3.63, 3.8) is 0 Å². The lowest BCUT2D eigenvalue weighted by molar-refractivity contribution is 0.550. The van der Waals surface area contributed by atoms with Crippen molar-refractivity contribution >= 4 is 48.7 Å². The Morgan fingerprint density at radius 3 is 2.33 bits per heavy atom. The average molecular weight is 332 g/mol. The van der Waals surface area contributed by atoms with E-state index in [0.29, 0.717) is 4.34 Å². The zero-order chi connectivity index (χ0) is 11.9. The molecule has 1 heterocycles. The molecule has 0 fully saturated rings. The van der Waals surface area contributed by atoms with E-state index in [4.69, 9.17) is 11.6 Å². The fourth-order valence-electron chi connectivity index (χ4n) is 0.995. The lowest BCUT2D eigenvalue weighted by Gasteiger charge is -2.27. The molecule has 0 spiro atoms. The third-order valence-corrected chi connectivity index (χ3v) is 8.10. The summed E-state index contributed by atoms with van der Waals surface area (Å²) in [5, 5.41) is 0. The van der Waals surface area contributed by atoms with Crippen molar-refractivity contribution in [3.05, 3.63) is 21.3 Å². The standard InChI is InChI=1S/C9H12BrClO2S2/c1-9(2,15(3,12)13)8(10)6-4-5-7(11)14-6/h4-5,8H,1-3H3. The lowest BCUT2D eigenvalue weighted by Crippen LogP contribution is -2.34. The summed E-state index contributed by atoms with van der Waals surface area (Å²) in [6.45, 7) is 3.41. The molecule has 0 aromatic carbocycles. The number of rotatable bonds is 3. The van der Waals surface area contributed by atoms with E-state index in [1.165, 1.54) is 17.6 Å². The molecule has 86 valence electrons. The maximum atomic E-state index is 11.6. The van der Waals surface area contributed by atoms with Crippen molar-refractivity contribution in [1.82, 2.24) is 0 Å². The van der Waals surface area contributed by atoms with Crippen LogP contribution < -0.4 is 0 Å². The first-order valence-corrected chi connectivity index (χ1v) is 8.25. The van der Waals surface area contributed by atoms with E-state index in [0.717, 1.165) is 4.88 Å². The van der Waals surface area contributed by atoms with Crippen molar-refractivity contribution in [1.29, 1.82) is 0 Å². The molecule has 1 aromatic heterocycles. The highest BCUT2D eigenvalue weighted by Gasteiger charge is 2.39. The summed E-state index contributed by atoms with van der Waals surface area (Å²) < 4.78 is 23.1. The van der Waals surface area contributed by atoms with E-state index < -0.39 is 14.6 Å². The zero-order valence-electron chi connectivity index (χ0n) is 8.62. The third kappa shape index (κ3) is 2.75. The molecule has 0 aliphatic rings. The van der Waals surface area contributed by atoms with Gasteiger partial charge in [-0.15, -0.1) is 11.3 Å². The van der Waals surface area contributed by atoms with Crippen LogP contribution in [-0.4, -0.2) is 19.4 Å². The van der Waals surface area contributed by atoms with Crippen LogP contribution in [0.5, 0.6) is 0 Å². The van der Waals surface area contributed by atoms with Gasteiger partial charge in [0.2, 0.25) is 0 Å². The number of sulfone groups is 1. The van der Waals surface area contributed by atoms with Gasteiger partial charge in [0.15, 0.2) is 9.84 Å². The molecule has 0 N–H and O–H groups in total. The summed E-state index contributed by atoms with van der Waals surface area (Å²) in [4.78, 5) is 0.688. The van der Waals surface area contributed by atoms with E-state index in [9.17, 15) is 8.42 Å². The van der Waals surface area contributed by atoms with Crippen molar-refractivity contribution in [2.45, 2.75) is 23.4 Å². The molecule has 6 heteroatoms. The van der Waals surface area contributed by atoms with E-state index in [1.54, 1.807) is 19.9 Å². The van der Waals surface area contributed by atoms with Crippen LogP contribution in [0, 0.1) is 0 Å². The minimum absolute atomic E-state index is 0.238. The largest absolute Gasteiger partial charge is 0.229 e. The molecule has 0 amide bonds. The van der Waals surface area contributed by atoms with Crippen LogP contribution in [-0.2, 0) is 9.84 Å². The third-order valence-electron chi connectivity index (χ3n) is 2.41. The molecular weight excluding hydrogens is 320 g/mol. The number of hydrogen-bond acceptors (Lipinski definition) is 3. The number of alkyl halides is 1. The molecule has 0 aliphatic carbocycles. The van der Waals surface area contributed by atoms with Crippen LogP contribution in [0.15, 0.2) is 12.1 Å². The SMILES string of the molecule is CC(C)(C(Br)c1ccc(Cl)s1)S(C)(=O)=O. The highest BCUT2D eigenvalue weighted by atomic mass is 79.9. The Balaban J connectivity index is 3.10. The van der Waals surface area contributed by atoms with Gasteiger partial charge in [0.1, 0.15) is 0 Å². The molecule has 1 atom stereocenters. The van der Waals surface area contributed by atoms with Gasteiger partial charge >= 0.3 is 0 Å². The van der Waals surface area contributed by atoms with E-state index in [2.05, 4.69) is 15.9 Å². The van der Waals surface area contributed by atoms with Gasteiger partial charge in [0.05, 0.1) is 13.9 Å². The van der Waals surface area contributed by atoms with Crippen LogP contribution in [0.3, 0.4) is 0 Å². The summed E-state index contributed by atoms with van der Waals surface area (Å²) in [7, 11) is -3.12. The molecule has 1 unspecified atom stereocenters. The number of halogens is 2. The summed E-state index contributed by atoms with van der Waals surface area (Å²) in [6.07, 6.45) is 1.25. The fourth-order valence-corrected chi connectivity index (χ4v) is 4.25. The Morgan fingerprint density at radius 2 is 2.00 bits per heavy atom. The van der Waals surface area contributed by atoms with Crippen LogP contribution >= 0.6 is 38.9 Å². The summed E-state index contributed by atoms with van der Waals surface area (Å²) in [5.74, 6) is 0. The van der Waals surface area contributed by atoms with Gasteiger partial charge in [-0.1, -0.05) is 27.5 Å². The first-order chi connectivity index (χ1) is 6.66. The second-order valence-electron chi connectivity index (χ2n) is 3.88. The second kappa shape index (κ2) is 4.35. The van der Waals surface area contributed by atoms with Gasteiger partial charge < -0.3 is 0 Å². The Hall–Kier alpha value is 0.420. The first kappa shape index (κ1) is 13.5. The maximum Gasteiger partial charge on any atom is 0.154 e. The summed E-state index contributed by atoms with van der Waals surface area (Å²) in [6, 6.07) is 3.62. The smallest absolute Gasteiger partial charge is 0.154 e. The average Bonchev–Trinajstić information content (AvgIpc) is 2.48. The highest BCUT2D eigenvalue weighted by Crippen LogP contribution is 2.42. The van der Waals surface area contributed by atoms with E-state index >= 15 is 0 Å². The number of thiophene rings is 1. The van der Waals surface area contributed by atoms with Gasteiger partial charge in [-0.2, -0.15) is 0 Å². The maximum absolute atomic E-state index is 11.6.